The van der Waals surface area contributed by atoms with Gasteiger partial charge < -0.3 is 10.2 Å². The van der Waals surface area contributed by atoms with Gasteiger partial charge in [-0.05, 0) is 11.7 Å². The molecule has 1 aliphatic heterocycles. The molecule has 7 heteroatoms. The van der Waals surface area contributed by atoms with Crippen LogP contribution in [0, 0.1) is 5.92 Å². The van der Waals surface area contributed by atoms with Gasteiger partial charge in [0, 0.05) is 20.0 Å². The number of anilines is 2. The largest absolute Gasteiger partial charge is 0.371 e. The van der Waals surface area contributed by atoms with E-state index in [1.54, 1.807) is 11.9 Å². The maximum Gasteiger partial charge on any atom is 0.227 e. The summed E-state index contributed by atoms with van der Waals surface area (Å²) in [7, 11) is 1.73. The third-order valence-electron chi connectivity index (χ3n) is 2.75. The molecule has 2 heterocycles. The molecule has 1 N–H and O–H groups in total. The molecule has 1 amide bonds. The number of halogens is 1. The molecular formula is C10H13ClN4OS. The van der Waals surface area contributed by atoms with Crippen LogP contribution in [0.3, 0.4) is 0 Å². The number of carbonyl (C=O) groups is 1. The lowest BCUT2D eigenvalue weighted by molar-refractivity contribution is -0.117. The molecule has 1 aromatic heterocycles. The first-order valence-electron chi connectivity index (χ1n) is 5.26. The highest BCUT2D eigenvalue weighted by atomic mass is 35.5. The smallest absolute Gasteiger partial charge is 0.227 e. The zero-order valence-electron chi connectivity index (χ0n) is 9.35. The van der Waals surface area contributed by atoms with Gasteiger partial charge in [0.15, 0.2) is 11.0 Å². The van der Waals surface area contributed by atoms with Crippen LogP contribution >= 0.6 is 24.2 Å². The van der Waals surface area contributed by atoms with Crippen LogP contribution in [0.1, 0.15) is 6.42 Å². The Labute approximate surface area is 110 Å². The summed E-state index contributed by atoms with van der Waals surface area (Å²) in [6, 6.07) is 0. The van der Waals surface area contributed by atoms with E-state index >= 15 is 0 Å². The Balaban J connectivity index is 2.37. The molecular weight excluding hydrogens is 260 g/mol. The minimum absolute atomic E-state index is 0.0391. The molecule has 0 aliphatic carbocycles. The van der Waals surface area contributed by atoms with Crippen molar-refractivity contribution in [3.63, 3.8) is 0 Å². The second-order valence-electron chi connectivity index (χ2n) is 3.87. The highest BCUT2D eigenvalue weighted by molar-refractivity contribution is 7.80. The summed E-state index contributed by atoms with van der Waals surface area (Å²) in [4.78, 5) is 21.5. The Morgan fingerprint density at radius 2 is 2.41 bits per heavy atom. The Hall–Kier alpha value is -1.01. The summed E-state index contributed by atoms with van der Waals surface area (Å²) in [6.45, 7) is 0.615. The van der Waals surface area contributed by atoms with Gasteiger partial charge in [0.1, 0.15) is 12.0 Å². The molecule has 92 valence electrons. The third-order valence-corrected chi connectivity index (χ3v) is 3.54. The van der Waals surface area contributed by atoms with Gasteiger partial charge in [0.2, 0.25) is 5.91 Å². The van der Waals surface area contributed by atoms with Crippen LogP contribution in [0.2, 0.25) is 5.15 Å². The van der Waals surface area contributed by atoms with E-state index in [9.17, 15) is 4.79 Å². The van der Waals surface area contributed by atoms with E-state index in [4.69, 9.17) is 11.6 Å². The van der Waals surface area contributed by atoms with E-state index in [1.165, 1.54) is 6.33 Å². The van der Waals surface area contributed by atoms with E-state index < -0.39 is 0 Å². The number of carbonyl (C=O) groups excluding carboxylic acids is 1. The lowest BCUT2D eigenvalue weighted by atomic mass is 10.1. The minimum Gasteiger partial charge on any atom is -0.371 e. The Kier molecular flexibility index (Phi) is 3.73. The van der Waals surface area contributed by atoms with Crippen molar-refractivity contribution in [3.8, 4) is 0 Å². The zero-order chi connectivity index (χ0) is 12.4. The van der Waals surface area contributed by atoms with Gasteiger partial charge in [-0.25, -0.2) is 9.97 Å². The van der Waals surface area contributed by atoms with Crippen LogP contribution in [-0.4, -0.2) is 35.2 Å². The van der Waals surface area contributed by atoms with Crippen LogP contribution < -0.4 is 10.2 Å². The van der Waals surface area contributed by atoms with Gasteiger partial charge in [0.25, 0.3) is 0 Å². The van der Waals surface area contributed by atoms with E-state index in [0.29, 0.717) is 30.2 Å². The Morgan fingerprint density at radius 1 is 1.65 bits per heavy atom. The highest BCUT2D eigenvalue weighted by Gasteiger charge is 2.32. The topological polar surface area (TPSA) is 58.1 Å². The summed E-state index contributed by atoms with van der Waals surface area (Å²) < 4.78 is 0. The second-order valence-corrected chi connectivity index (χ2v) is 4.59. The van der Waals surface area contributed by atoms with Gasteiger partial charge >= 0.3 is 0 Å². The predicted octanol–water partition coefficient (Wildman–Crippen LogP) is 1.45. The van der Waals surface area contributed by atoms with Crippen molar-refractivity contribution in [2.24, 2.45) is 5.92 Å². The maximum atomic E-state index is 11.9. The maximum absolute atomic E-state index is 11.9. The molecule has 0 aromatic carbocycles. The number of nitrogens with zero attached hydrogens (tertiary/aromatic N) is 3. The number of rotatable bonds is 3. The lowest BCUT2D eigenvalue weighted by Gasteiger charge is -2.19. The first-order chi connectivity index (χ1) is 8.17. The molecule has 2 rings (SSSR count). The average molecular weight is 273 g/mol. The molecule has 1 fully saturated rings. The normalized spacial score (nSPS) is 19.8. The van der Waals surface area contributed by atoms with Crippen LogP contribution in [-0.2, 0) is 4.79 Å². The number of hydrogen-bond acceptors (Lipinski definition) is 5. The number of hydrogen-bond donors (Lipinski definition) is 2. The van der Waals surface area contributed by atoms with Crippen molar-refractivity contribution in [2.75, 3.05) is 29.6 Å². The van der Waals surface area contributed by atoms with Gasteiger partial charge in [-0.15, -0.1) is 0 Å². The molecule has 0 radical (unpaired) electrons. The van der Waals surface area contributed by atoms with Crippen molar-refractivity contribution < 1.29 is 4.79 Å². The Morgan fingerprint density at radius 3 is 3.00 bits per heavy atom. The summed E-state index contributed by atoms with van der Waals surface area (Å²) in [5.41, 5.74) is 0.561. The molecule has 1 unspecified atom stereocenters. The standard InChI is InChI=1S/C10H13ClN4OS/c1-12-10-8(9(11)13-5-14-10)15-3-6(4-17)2-7(15)16/h5-6,17H,2-4H2,1H3,(H,12,13,14). The predicted molar refractivity (Wildman–Crippen MR) is 70.9 cm³/mol. The van der Waals surface area contributed by atoms with Crippen molar-refractivity contribution in [1.29, 1.82) is 0 Å². The third kappa shape index (κ3) is 2.32. The molecule has 17 heavy (non-hydrogen) atoms. The van der Waals surface area contributed by atoms with Crippen LogP contribution in [0.15, 0.2) is 6.33 Å². The van der Waals surface area contributed by atoms with Crippen molar-refractivity contribution in [3.05, 3.63) is 11.5 Å². The van der Waals surface area contributed by atoms with E-state index in [1.807, 2.05) is 0 Å². The summed E-state index contributed by atoms with van der Waals surface area (Å²) in [6.07, 6.45) is 1.87. The van der Waals surface area contributed by atoms with Crippen molar-refractivity contribution in [2.45, 2.75) is 6.42 Å². The van der Waals surface area contributed by atoms with Crippen LogP contribution in [0.5, 0.6) is 0 Å². The number of thiol groups is 1. The van der Waals surface area contributed by atoms with Crippen molar-refractivity contribution in [1.82, 2.24) is 9.97 Å². The molecule has 1 aromatic rings. The van der Waals surface area contributed by atoms with E-state index in [2.05, 4.69) is 27.9 Å². The fraction of sp³-hybridized carbons (Fsp3) is 0.500. The molecule has 0 spiro atoms. The van der Waals surface area contributed by atoms with Gasteiger partial charge in [0.05, 0.1) is 0 Å². The molecule has 1 atom stereocenters. The molecule has 1 aliphatic rings. The quantitative estimate of drug-likeness (QED) is 0.646. The zero-order valence-corrected chi connectivity index (χ0v) is 11.0. The fourth-order valence-corrected chi connectivity index (χ4v) is 2.38. The fourth-order valence-electron chi connectivity index (χ4n) is 1.90. The summed E-state index contributed by atoms with van der Waals surface area (Å²) >= 11 is 10.3. The Bertz CT molecular complexity index is 442. The van der Waals surface area contributed by atoms with E-state index in [-0.39, 0.29) is 17.0 Å². The summed E-state index contributed by atoms with van der Waals surface area (Å²) in [5, 5.41) is 3.21. The van der Waals surface area contributed by atoms with Gasteiger partial charge in [-0.2, -0.15) is 12.6 Å². The first-order valence-corrected chi connectivity index (χ1v) is 6.28. The van der Waals surface area contributed by atoms with Crippen LogP contribution in [0.25, 0.3) is 0 Å². The SMILES string of the molecule is CNc1ncnc(Cl)c1N1CC(CS)CC1=O. The highest BCUT2D eigenvalue weighted by Crippen LogP contribution is 2.34. The minimum atomic E-state index is 0.0391. The number of amides is 1. The molecule has 0 saturated carbocycles. The van der Waals surface area contributed by atoms with Gasteiger partial charge in [-0.1, -0.05) is 11.6 Å². The number of nitrogens with one attached hydrogen (secondary N) is 1. The lowest BCUT2D eigenvalue weighted by Crippen LogP contribution is -2.26. The molecule has 0 bridgehead atoms. The molecule has 5 nitrogen and oxygen atoms in total. The summed E-state index contributed by atoms with van der Waals surface area (Å²) in [5.74, 6) is 1.55. The average Bonchev–Trinajstić information content (AvgIpc) is 2.70. The molecule has 1 saturated heterocycles. The number of aromatic nitrogens is 2. The van der Waals surface area contributed by atoms with Crippen molar-refractivity contribution >= 4 is 41.6 Å². The van der Waals surface area contributed by atoms with Gasteiger partial charge in [-0.3, -0.25) is 4.79 Å². The first kappa shape index (κ1) is 12.4. The monoisotopic (exact) mass is 272 g/mol. The second kappa shape index (κ2) is 5.10. The van der Waals surface area contributed by atoms with E-state index in [0.717, 1.165) is 0 Å². The van der Waals surface area contributed by atoms with Crippen LogP contribution in [0.4, 0.5) is 11.5 Å².